The maximum atomic E-state index is 14.2. The SMILES string of the molecule is O=c1c2c(-c3cc(-c4ccccc4)nc4[nH]n(-c5ccccc5)c(=O)c34)cc(-c3ccccc3)nc2[nH]n1-c1ccccc1. The fourth-order valence-electron chi connectivity index (χ4n) is 5.68. The molecule has 0 aliphatic rings. The van der Waals surface area contributed by atoms with Gasteiger partial charge >= 0.3 is 0 Å². The van der Waals surface area contributed by atoms with Crippen molar-refractivity contribution < 1.29 is 0 Å². The topological polar surface area (TPSA) is 101 Å². The van der Waals surface area contributed by atoms with Crippen molar-refractivity contribution in [2.24, 2.45) is 0 Å². The molecule has 210 valence electrons. The molecule has 0 unspecified atom stereocenters. The Morgan fingerprint density at radius 1 is 0.455 bits per heavy atom. The van der Waals surface area contributed by atoms with Crippen molar-refractivity contribution in [1.29, 1.82) is 0 Å². The second-order valence-corrected chi connectivity index (χ2v) is 10.5. The van der Waals surface area contributed by atoms with Gasteiger partial charge in [-0.05, 0) is 36.4 Å². The van der Waals surface area contributed by atoms with Gasteiger partial charge in [-0.3, -0.25) is 19.8 Å². The molecule has 4 aromatic heterocycles. The molecule has 8 rings (SSSR count). The van der Waals surface area contributed by atoms with Crippen LogP contribution in [0.3, 0.4) is 0 Å². The van der Waals surface area contributed by atoms with Gasteiger partial charge in [0.05, 0.1) is 33.5 Å². The smallest absolute Gasteiger partial charge is 0.274 e. The normalized spacial score (nSPS) is 11.4. The summed E-state index contributed by atoms with van der Waals surface area (Å²) in [6, 6.07) is 42.1. The summed E-state index contributed by atoms with van der Waals surface area (Å²) in [7, 11) is 0. The monoisotopic (exact) mass is 572 g/mol. The van der Waals surface area contributed by atoms with Gasteiger partial charge in [0.1, 0.15) is 0 Å². The van der Waals surface area contributed by atoms with Crippen molar-refractivity contribution in [1.82, 2.24) is 29.5 Å². The Kier molecular flexibility index (Phi) is 5.90. The van der Waals surface area contributed by atoms with E-state index in [1.807, 2.05) is 133 Å². The Morgan fingerprint density at radius 2 is 0.795 bits per heavy atom. The molecule has 0 spiro atoms. The quantitative estimate of drug-likeness (QED) is 0.238. The number of rotatable bonds is 5. The Bertz CT molecular complexity index is 2230. The lowest BCUT2D eigenvalue weighted by molar-refractivity contribution is 0.858. The number of fused-ring (bicyclic) bond motifs is 2. The summed E-state index contributed by atoms with van der Waals surface area (Å²) < 4.78 is 2.98. The van der Waals surface area contributed by atoms with Crippen molar-refractivity contribution in [3.05, 3.63) is 154 Å². The van der Waals surface area contributed by atoms with Gasteiger partial charge in [-0.1, -0.05) is 97.1 Å². The van der Waals surface area contributed by atoms with Crippen LogP contribution in [0.4, 0.5) is 0 Å². The first-order valence-corrected chi connectivity index (χ1v) is 14.2. The van der Waals surface area contributed by atoms with Gasteiger partial charge in [0, 0.05) is 22.3 Å². The Labute approximate surface area is 250 Å². The summed E-state index contributed by atoms with van der Waals surface area (Å²) >= 11 is 0. The van der Waals surface area contributed by atoms with E-state index in [2.05, 4.69) is 10.2 Å². The van der Waals surface area contributed by atoms with Gasteiger partial charge in [-0.25, -0.2) is 19.3 Å². The van der Waals surface area contributed by atoms with Crippen LogP contribution >= 0.6 is 0 Å². The maximum Gasteiger partial charge on any atom is 0.281 e. The van der Waals surface area contributed by atoms with Crippen LogP contribution in [0.15, 0.2) is 143 Å². The lowest BCUT2D eigenvalue weighted by Crippen LogP contribution is -2.15. The van der Waals surface area contributed by atoms with Gasteiger partial charge in [0.2, 0.25) is 0 Å². The summed E-state index contributed by atoms with van der Waals surface area (Å²) in [5, 5.41) is 7.22. The van der Waals surface area contributed by atoms with E-state index in [4.69, 9.17) is 9.97 Å². The molecule has 0 saturated heterocycles. The van der Waals surface area contributed by atoms with E-state index < -0.39 is 0 Å². The predicted octanol–water partition coefficient (Wildman–Crippen LogP) is 6.74. The minimum Gasteiger partial charge on any atom is -0.274 e. The summed E-state index contributed by atoms with van der Waals surface area (Å²) in [5.74, 6) is 0. The van der Waals surface area contributed by atoms with Crippen molar-refractivity contribution in [3.8, 4) is 45.0 Å². The zero-order valence-corrected chi connectivity index (χ0v) is 23.3. The number of H-pyrrole nitrogens is 2. The van der Waals surface area contributed by atoms with E-state index in [1.165, 1.54) is 9.36 Å². The number of para-hydroxylation sites is 2. The third-order valence-electron chi connectivity index (χ3n) is 7.77. The van der Waals surface area contributed by atoms with Crippen molar-refractivity contribution >= 4 is 22.1 Å². The summed E-state index contributed by atoms with van der Waals surface area (Å²) in [6.45, 7) is 0. The third kappa shape index (κ3) is 4.16. The highest BCUT2D eigenvalue weighted by Crippen LogP contribution is 2.35. The molecule has 0 bridgehead atoms. The molecular formula is C36H24N6O2. The first kappa shape index (κ1) is 25.4. The largest absolute Gasteiger partial charge is 0.281 e. The average Bonchev–Trinajstić information content (AvgIpc) is 3.61. The molecule has 0 aliphatic heterocycles. The molecule has 0 saturated carbocycles. The van der Waals surface area contributed by atoms with E-state index >= 15 is 0 Å². The van der Waals surface area contributed by atoms with Crippen LogP contribution < -0.4 is 11.1 Å². The fourth-order valence-corrected chi connectivity index (χ4v) is 5.68. The number of nitrogens with zero attached hydrogens (tertiary/aromatic N) is 4. The van der Waals surface area contributed by atoms with Crippen molar-refractivity contribution in [2.75, 3.05) is 0 Å². The zero-order chi connectivity index (χ0) is 29.6. The van der Waals surface area contributed by atoms with E-state index in [9.17, 15) is 9.59 Å². The number of benzene rings is 4. The number of hydrogen-bond acceptors (Lipinski definition) is 4. The molecule has 8 aromatic rings. The van der Waals surface area contributed by atoms with Crippen molar-refractivity contribution in [2.45, 2.75) is 0 Å². The summed E-state index contributed by atoms with van der Waals surface area (Å²) in [5.41, 5.74) is 5.94. The molecule has 4 aromatic carbocycles. The van der Waals surface area contributed by atoms with Crippen LogP contribution in [-0.2, 0) is 0 Å². The lowest BCUT2D eigenvalue weighted by Gasteiger charge is -2.10. The van der Waals surface area contributed by atoms with Gasteiger partial charge in [0.25, 0.3) is 11.1 Å². The first-order chi connectivity index (χ1) is 21.7. The highest BCUT2D eigenvalue weighted by molar-refractivity contribution is 6.04. The summed E-state index contributed by atoms with van der Waals surface area (Å²) in [4.78, 5) is 38.1. The molecule has 0 fully saturated rings. The molecule has 8 heteroatoms. The second kappa shape index (κ2) is 10.2. The molecule has 2 N–H and O–H groups in total. The second-order valence-electron chi connectivity index (χ2n) is 10.5. The standard InChI is InChI=1S/C36H24N6O2/c43-35-31-27(21-29(23-13-5-1-6-14-23)37-33(31)39-41(35)25-17-9-3-10-18-25)28-22-30(24-15-7-2-8-16-24)38-34-32(28)36(44)42(40-34)26-19-11-4-12-20-26/h1-22H,(H,37,39)(H,38,40). The highest BCUT2D eigenvalue weighted by atomic mass is 16.1. The number of hydrogen-bond donors (Lipinski definition) is 2. The number of aromatic nitrogens is 6. The Hall–Kier alpha value is -6.28. The molecule has 8 nitrogen and oxygen atoms in total. The molecular weight excluding hydrogens is 548 g/mol. The van der Waals surface area contributed by atoms with Gasteiger partial charge in [-0.15, -0.1) is 0 Å². The van der Waals surface area contributed by atoms with Gasteiger partial charge in [0.15, 0.2) is 11.3 Å². The van der Waals surface area contributed by atoms with Gasteiger partial charge in [-0.2, -0.15) is 0 Å². The molecule has 4 heterocycles. The van der Waals surface area contributed by atoms with E-state index in [0.29, 0.717) is 56.0 Å². The van der Waals surface area contributed by atoms with Crippen LogP contribution in [0, 0.1) is 0 Å². The summed E-state index contributed by atoms with van der Waals surface area (Å²) in [6.07, 6.45) is 0. The fraction of sp³-hybridized carbons (Fsp3) is 0. The zero-order valence-electron chi connectivity index (χ0n) is 23.3. The van der Waals surface area contributed by atoms with Gasteiger partial charge < -0.3 is 0 Å². The lowest BCUT2D eigenvalue weighted by atomic mass is 9.97. The minimum atomic E-state index is -0.265. The van der Waals surface area contributed by atoms with Crippen LogP contribution in [0.25, 0.3) is 67.1 Å². The van der Waals surface area contributed by atoms with Crippen LogP contribution in [0.5, 0.6) is 0 Å². The van der Waals surface area contributed by atoms with Crippen molar-refractivity contribution in [3.63, 3.8) is 0 Å². The maximum absolute atomic E-state index is 14.2. The highest BCUT2D eigenvalue weighted by Gasteiger charge is 2.23. The first-order valence-electron chi connectivity index (χ1n) is 14.2. The van der Waals surface area contributed by atoms with Crippen LogP contribution in [0.1, 0.15) is 0 Å². The molecule has 0 radical (unpaired) electrons. The van der Waals surface area contributed by atoms with Crippen LogP contribution in [-0.4, -0.2) is 29.5 Å². The van der Waals surface area contributed by atoms with Crippen LogP contribution in [0.2, 0.25) is 0 Å². The van der Waals surface area contributed by atoms with E-state index in [-0.39, 0.29) is 11.1 Å². The molecule has 0 aliphatic carbocycles. The minimum absolute atomic E-state index is 0.265. The molecule has 44 heavy (non-hydrogen) atoms. The number of nitrogens with one attached hydrogen (secondary N) is 2. The third-order valence-corrected chi connectivity index (χ3v) is 7.77. The van der Waals surface area contributed by atoms with E-state index in [0.717, 1.165) is 11.1 Å². The average molecular weight is 573 g/mol. The molecule has 0 amide bonds. The molecule has 0 atom stereocenters. The Morgan fingerprint density at radius 3 is 1.16 bits per heavy atom. The predicted molar refractivity (Wildman–Crippen MR) is 173 cm³/mol. The number of pyridine rings is 2. The number of aromatic amines is 2. The Balaban J connectivity index is 1.50. The van der Waals surface area contributed by atoms with E-state index in [1.54, 1.807) is 0 Å².